The number of carbonyl (C=O) groups excluding carboxylic acids is 4. The van der Waals surface area contributed by atoms with Gasteiger partial charge in [0.1, 0.15) is 6.10 Å². The molecule has 6 aliphatic rings. The number of Topliss-reactive ketones (excluding diaryl/α,β-unsaturated/α-hetero) is 1. The van der Waals surface area contributed by atoms with E-state index in [1.807, 2.05) is 53.3 Å². The van der Waals surface area contributed by atoms with Crippen molar-refractivity contribution in [3.8, 4) is 22.5 Å². The number of nitrogens with zero attached hydrogens (tertiary/aromatic N) is 8. The van der Waals surface area contributed by atoms with Crippen LogP contribution in [0.3, 0.4) is 0 Å². The van der Waals surface area contributed by atoms with Crippen LogP contribution in [-0.2, 0) is 36.8 Å². The molecule has 6 bridgehead atoms. The van der Waals surface area contributed by atoms with Gasteiger partial charge in [-0.15, -0.1) is 11.3 Å². The maximum atomic E-state index is 15.3. The van der Waals surface area contributed by atoms with E-state index in [4.69, 9.17) is 19.4 Å². The molecular formula is C52H66N8O6SSi. The monoisotopic (exact) mass is 958 g/mol. The first kappa shape index (κ1) is 46.8. The second-order valence-corrected chi connectivity index (χ2v) is 23.3. The molecule has 10 rings (SSSR count). The molecule has 3 saturated heterocycles. The number of methoxy groups -OCH3 is 1. The van der Waals surface area contributed by atoms with E-state index in [1.54, 1.807) is 30.4 Å². The summed E-state index contributed by atoms with van der Waals surface area (Å²) in [5.41, 5.74) is 5.97. The summed E-state index contributed by atoms with van der Waals surface area (Å²) >= 11 is 1.56. The molecule has 14 nitrogen and oxygen atoms in total. The molecule has 8 heterocycles. The highest BCUT2D eigenvalue weighted by atomic mass is 32.1. The van der Waals surface area contributed by atoms with Crippen molar-refractivity contribution >= 4 is 55.5 Å². The second-order valence-electron chi connectivity index (χ2n) is 20.7. The molecule has 3 amide bonds. The number of cyclic esters (lactones) is 1. The summed E-state index contributed by atoms with van der Waals surface area (Å²) in [6.07, 6.45) is 6.92. The van der Waals surface area contributed by atoms with E-state index in [0.29, 0.717) is 44.9 Å². The minimum atomic E-state index is -0.605. The van der Waals surface area contributed by atoms with E-state index in [9.17, 15) is 14.4 Å². The van der Waals surface area contributed by atoms with Crippen LogP contribution < -0.4 is 0 Å². The molecule has 3 aromatic heterocycles. The number of ketones is 1. The molecule has 1 aliphatic carbocycles. The van der Waals surface area contributed by atoms with Crippen molar-refractivity contribution in [3.05, 3.63) is 70.4 Å². The minimum Gasteiger partial charge on any atom is -0.465 e. The number of fused-ring (bicyclic) bond motifs is 6. The summed E-state index contributed by atoms with van der Waals surface area (Å²) in [4.78, 5) is 74.5. The number of likely N-dealkylation sites (N-methyl/N-ethyl adjacent to an activating group) is 2. The van der Waals surface area contributed by atoms with E-state index >= 15 is 4.79 Å². The van der Waals surface area contributed by atoms with Gasteiger partial charge in [0.2, 0.25) is 5.91 Å². The van der Waals surface area contributed by atoms with Crippen molar-refractivity contribution in [2.75, 3.05) is 53.5 Å². The first-order valence-corrected chi connectivity index (χ1v) is 26.8. The van der Waals surface area contributed by atoms with Crippen molar-refractivity contribution in [3.63, 3.8) is 0 Å². The number of likely N-dealkylation sites (tertiary alicyclic amines) is 1. The zero-order valence-electron chi connectivity index (χ0n) is 41.0. The molecule has 0 N–H and O–H groups in total. The highest BCUT2D eigenvalue weighted by molar-refractivity contribution is 7.10. The Morgan fingerprint density at radius 3 is 2.56 bits per heavy atom. The fourth-order valence-corrected chi connectivity index (χ4v) is 14.7. The number of hydrazine groups is 1. The fraction of sp³-hybridized carbons (Fsp3) is 0.577. The average molecular weight is 959 g/mol. The van der Waals surface area contributed by atoms with Crippen LogP contribution >= 0.6 is 11.3 Å². The third kappa shape index (κ3) is 7.72. The van der Waals surface area contributed by atoms with Crippen LogP contribution in [0.15, 0.2) is 54.2 Å². The van der Waals surface area contributed by atoms with Gasteiger partial charge in [0.05, 0.1) is 56.2 Å². The van der Waals surface area contributed by atoms with Gasteiger partial charge in [-0.3, -0.25) is 34.3 Å². The van der Waals surface area contributed by atoms with Gasteiger partial charge in [-0.05, 0) is 80.2 Å². The number of hydrogen-bond acceptors (Lipinski definition) is 11. The largest absolute Gasteiger partial charge is 0.465 e. The summed E-state index contributed by atoms with van der Waals surface area (Å²) in [5, 5.41) is 7.80. The van der Waals surface area contributed by atoms with Crippen molar-refractivity contribution in [2.45, 2.75) is 116 Å². The first-order valence-electron chi connectivity index (χ1n) is 24.8. The number of hydrogen-bond donors (Lipinski definition) is 0. The molecule has 0 spiro atoms. The smallest absolute Gasteiger partial charge is 0.320 e. The van der Waals surface area contributed by atoms with Gasteiger partial charge in [0.15, 0.2) is 5.78 Å². The number of amides is 3. The van der Waals surface area contributed by atoms with Gasteiger partial charge in [0, 0.05) is 115 Å². The number of thiazole rings is 1. The topological polar surface area (TPSA) is 134 Å². The van der Waals surface area contributed by atoms with E-state index in [1.165, 1.54) is 0 Å². The Hall–Kier alpha value is -4.90. The number of esters is 1. The normalized spacial score (nSPS) is 26.9. The average Bonchev–Trinajstić information content (AvgIpc) is 3.88. The molecule has 16 heteroatoms. The Morgan fingerprint density at radius 2 is 1.87 bits per heavy atom. The van der Waals surface area contributed by atoms with Gasteiger partial charge >= 0.3 is 12.0 Å². The van der Waals surface area contributed by atoms with Gasteiger partial charge in [-0.2, -0.15) is 0 Å². The van der Waals surface area contributed by atoms with E-state index in [0.717, 1.165) is 69.3 Å². The number of ether oxygens (including phenoxy) is 2. The number of benzene rings is 1. The number of carbonyl (C=O) groups is 4. The van der Waals surface area contributed by atoms with E-state index in [-0.39, 0.29) is 68.8 Å². The molecule has 3 fully saturated rings. The highest BCUT2D eigenvalue weighted by Crippen LogP contribution is 2.57. The molecule has 68 heavy (non-hydrogen) atoms. The number of aromatic nitrogens is 3. The number of pyridine rings is 1. The Morgan fingerprint density at radius 1 is 1.09 bits per heavy atom. The molecule has 360 valence electrons. The van der Waals surface area contributed by atoms with Crippen molar-refractivity contribution in [2.24, 2.45) is 23.2 Å². The maximum absolute atomic E-state index is 15.3. The summed E-state index contributed by atoms with van der Waals surface area (Å²) in [6, 6.07) is 9.98. The van der Waals surface area contributed by atoms with Crippen molar-refractivity contribution in [1.29, 1.82) is 0 Å². The lowest BCUT2D eigenvalue weighted by atomic mass is 9.67. The predicted octanol–water partition coefficient (Wildman–Crippen LogP) is 7.69. The summed E-state index contributed by atoms with van der Waals surface area (Å²) in [7, 11) is 3.76. The molecule has 8 atom stereocenters. The number of urea groups is 1. The number of aryl methyl sites for hydroxylation is 1. The van der Waals surface area contributed by atoms with Crippen LogP contribution in [0, 0.1) is 23.2 Å². The number of rotatable bonds is 10. The fourth-order valence-electron chi connectivity index (χ4n) is 12.3. The van der Waals surface area contributed by atoms with Crippen molar-refractivity contribution in [1.82, 2.24) is 39.3 Å². The SMILES string of the molecule is CCN(CC)C1CN(C(=O)N(C)C(C(=O)C2[Si]C2C2Cc3nc(cs3)-c3ccc4c(c3)c3c(n4CC)-c4cccnc4C(OC)C3C(C)(C)COC(=O)[C@@H]3CCCN(C2=O)N2C=CC32)C(C)C)C1. The Kier molecular flexibility index (Phi) is 12.5. The zero-order chi connectivity index (χ0) is 47.9. The van der Waals surface area contributed by atoms with Crippen LogP contribution in [-0.4, -0.2) is 144 Å². The quantitative estimate of drug-likeness (QED) is 0.115. The standard InChI is InChI=1S/C52H66N8O6SSi/c1-10-56(11-2)31-25-57(26-31)51(64)55(8)43(29(4)5)45(61)48-47(68-48)35-24-39-54-36(27-67-39)30-17-18-37-34(23-30)40-41(46(65-9)42-33(15-13-20-53-42)44(40)58(37)12-3)52(6,7)28-66-50(63)32-16-14-21-60(49(35)62)59-22-19-38(32)59/h13,15,17-20,22-23,27,29,31-32,35,38,41,43,46-48H,10-12,14,16,21,24-26,28H2,1-9H3/t32-,35?,38?,41?,43?,46?,47?,48?/m1/s1. The van der Waals surface area contributed by atoms with Gasteiger partial charge in [-0.1, -0.05) is 47.6 Å². The van der Waals surface area contributed by atoms with Crippen LogP contribution in [0.25, 0.3) is 33.4 Å². The summed E-state index contributed by atoms with van der Waals surface area (Å²) < 4.78 is 15.2. The lowest BCUT2D eigenvalue weighted by Gasteiger charge is -2.47. The summed E-state index contributed by atoms with van der Waals surface area (Å²) in [6.45, 7) is 19.3. The second kappa shape index (κ2) is 18.1. The minimum absolute atomic E-state index is 0.0366. The molecule has 1 aromatic carbocycles. The lowest BCUT2D eigenvalue weighted by Crippen LogP contribution is -2.64. The lowest BCUT2D eigenvalue weighted by molar-refractivity contribution is -0.162. The predicted molar refractivity (Wildman–Crippen MR) is 264 cm³/mol. The van der Waals surface area contributed by atoms with Gasteiger partial charge in [-0.25, -0.2) is 9.78 Å². The molecule has 4 aromatic rings. The Balaban J connectivity index is 1.02. The molecule has 5 aliphatic heterocycles. The van der Waals surface area contributed by atoms with Crippen LogP contribution in [0.4, 0.5) is 4.79 Å². The maximum Gasteiger partial charge on any atom is 0.320 e. The summed E-state index contributed by atoms with van der Waals surface area (Å²) in [5.74, 6) is -1.59. The van der Waals surface area contributed by atoms with Crippen molar-refractivity contribution < 1.29 is 28.7 Å². The highest BCUT2D eigenvalue weighted by Gasteiger charge is 2.56. The zero-order valence-corrected chi connectivity index (χ0v) is 42.8. The molecule has 0 saturated carbocycles. The first-order chi connectivity index (χ1) is 32.7. The molecule has 2 radical (unpaired) electrons. The van der Waals surface area contributed by atoms with Crippen LogP contribution in [0.5, 0.6) is 0 Å². The van der Waals surface area contributed by atoms with E-state index < -0.39 is 29.4 Å². The third-order valence-electron chi connectivity index (χ3n) is 16.0. The Bertz CT molecular complexity index is 2650. The molecular weight excluding hydrogens is 893 g/mol. The third-order valence-corrected chi connectivity index (χ3v) is 18.6. The van der Waals surface area contributed by atoms with E-state index in [2.05, 4.69) is 73.7 Å². The van der Waals surface area contributed by atoms with Gasteiger partial charge < -0.3 is 23.8 Å². The Labute approximate surface area is 406 Å². The van der Waals surface area contributed by atoms with Crippen LogP contribution in [0.1, 0.15) is 89.6 Å². The molecule has 7 unspecified atom stereocenters. The van der Waals surface area contributed by atoms with Crippen LogP contribution in [0.2, 0.25) is 11.1 Å². The van der Waals surface area contributed by atoms with Gasteiger partial charge in [0.25, 0.3) is 0 Å².